The van der Waals surface area contributed by atoms with Crippen LogP contribution >= 0.6 is 11.9 Å². The van der Waals surface area contributed by atoms with Gasteiger partial charge in [-0.25, -0.2) is 0 Å². The van der Waals surface area contributed by atoms with E-state index < -0.39 is 11.2 Å². The fourth-order valence-electron chi connectivity index (χ4n) is 0.383. The van der Waals surface area contributed by atoms with Crippen molar-refractivity contribution in [1.82, 2.24) is 0 Å². The first-order valence-corrected chi connectivity index (χ1v) is 3.23. The normalized spacial score (nSPS) is 12.7. The lowest BCUT2D eigenvalue weighted by atomic mass is 10.3. The minimum absolute atomic E-state index is 0.190. The monoisotopic (exact) mass is 147 g/mol. The van der Waals surface area contributed by atoms with E-state index in [1.807, 2.05) is 0 Å². The third kappa shape index (κ3) is 2.48. The Morgan fingerprint density at radius 3 is 2.22 bits per heavy atom. The molecule has 9 heavy (non-hydrogen) atoms. The standard InChI is InChI=1S/C4H9N3OS/c1-2(5)3(9-7)4(6)8/h3,5H,7H2,1H3,(H2,6,8). The summed E-state index contributed by atoms with van der Waals surface area (Å²) in [6.45, 7) is 1.50. The van der Waals surface area contributed by atoms with Gasteiger partial charge in [0.15, 0.2) is 0 Å². The van der Waals surface area contributed by atoms with E-state index in [4.69, 9.17) is 16.3 Å². The van der Waals surface area contributed by atoms with E-state index in [1.54, 1.807) is 0 Å². The zero-order valence-corrected chi connectivity index (χ0v) is 5.87. The van der Waals surface area contributed by atoms with Crippen LogP contribution in [0.5, 0.6) is 0 Å². The number of nitrogens with one attached hydrogen (secondary N) is 1. The minimum atomic E-state index is -0.662. The Labute approximate surface area is 57.6 Å². The van der Waals surface area contributed by atoms with E-state index in [0.29, 0.717) is 0 Å². The summed E-state index contributed by atoms with van der Waals surface area (Å²) in [7, 11) is 0. The van der Waals surface area contributed by atoms with Crippen LogP contribution in [-0.4, -0.2) is 16.9 Å². The molecule has 0 radical (unpaired) electrons. The van der Waals surface area contributed by atoms with Crippen molar-refractivity contribution in [2.24, 2.45) is 10.9 Å². The molecule has 0 aromatic heterocycles. The maximum Gasteiger partial charge on any atom is 0.237 e. The number of amides is 1. The van der Waals surface area contributed by atoms with Gasteiger partial charge < -0.3 is 11.1 Å². The molecule has 0 aliphatic rings. The molecule has 0 spiro atoms. The van der Waals surface area contributed by atoms with Crippen LogP contribution in [0.15, 0.2) is 0 Å². The molecule has 0 saturated carbocycles. The Kier molecular flexibility index (Phi) is 3.26. The highest BCUT2D eigenvalue weighted by molar-refractivity contribution is 7.99. The summed E-state index contributed by atoms with van der Waals surface area (Å²) < 4.78 is 0. The number of carbonyl (C=O) groups is 1. The molecule has 0 bridgehead atoms. The van der Waals surface area contributed by atoms with Gasteiger partial charge in [-0.3, -0.25) is 9.93 Å². The highest BCUT2D eigenvalue weighted by Crippen LogP contribution is 2.01. The van der Waals surface area contributed by atoms with Crippen LogP contribution in [0.4, 0.5) is 0 Å². The van der Waals surface area contributed by atoms with Crippen LogP contribution in [0.3, 0.4) is 0 Å². The lowest BCUT2D eigenvalue weighted by Crippen LogP contribution is -2.32. The van der Waals surface area contributed by atoms with Gasteiger partial charge in [0.25, 0.3) is 0 Å². The molecular formula is C4H9N3OS. The van der Waals surface area contributed by atoms with Crippen LogP contribution in [-0.2, 0) is 4.79 Å². The Balaban J connectivity index is 3.99. The van der Waals surface area contributed by atoms with E-state index in [1.165, 1.54) is 6.92 Å². The molecule has 5 N–H and O–H groups in total. The van der Waals surface area contributed by atoms with Crippen LogP contribution in [0, 0.1) is 5.41 Å². The van der Waals surface area contributed by atoms with Gasteiger partial charge in [-0.15, -0.1) is 0 Å². The second-order valence-electron chi connectivity index (χ2n) is 1.60. The largest absolute Gasteiger partial charge is 0.368 e. The predicted molar refractivity (Wildman–Crippen MR) is 38.2 cm³/mol. The van der Waals surface area contributed by atoms with Crippen LogP contribution in [0.1, 0.15) is 6.92 Å². The average molecular weight is 147 g/mol. The number of hydrogen-bond acceptors (Lipinski definition) is 4. The van der Waals surface area contributed by atoms with Gasteiger partial charge >= 0.3 is 0 Å². The first kappa shape index (κ1) is 8.45. The van der Waals surface area contributed by atoms with Gasteiger partial charge in [-0.05, 0) is 6.92 Å². The molecule has 0 aromatic rings. The van der Waals surface area contributed by atoms with Crippen molar-refractivity contribution in [3.05, 3.63) is 0 Å². The van der Waals surface area contributed by atoms with Gasteiger partial charge in [-0.1, -0.05) is 11.9 Å². The van der Waals surface area contributed by atoms with Crippen LogP contribution in [0.2, 0.25) is 0 Å². The van der Waals surface area contributed by atoms with Gasteiger partial charge in [0, 0.05) is 5.71 Å². The van der Waals surface area contributed by atoms with E-state index in [-0.39, 0.29) is 5.71 Å². The number of hydrogen-bond donors (Lipinski definition) is 3. The predicted octanol–water partition coefficient (Wildman–Crippen LogP) is -0.513. The van der Waals surface area contributed by atoms with E-state index >= 15 is 0 Å². The summed E-state index contributed by atoms with van der Waals surface area (Å²) in [6, 6.07) is 0. The molecule has 0 aromatic carbocycles. The van der Waals surface area contributed by atoms with Gasteiger partial charge in [0.2, 0.25) is 5.91 Å². The van der Waals surface area contributed by atoms with Gasteiger partial charge in [0.1, 0.15) is 5.25 Å². The molecular weight excluding hydrogens is 138 g/mol. The second kappa shape index (κ2) is 3.47. The molecule has 1 unspecified atom stereocenters. The average Bonchev–Trinajstić information content (AvgIpc) is 1.64. The SMILES string of the molecule is CC(=N)C(SN)C(N)=O. The van der Waals surface area contributed by atoms with Crippen molar-refractivity contribution < 1.29 is 4.79 Å². The maximum atomic E-state index is 10.4. The summed E-state index contributed by atoms with van der Waals surface area (Å²) in [5.41, 5.74) is 5.06. The number of nitrogens with two attached hydrogens (primary N) is 2. The lowest BCUT2D eigenvalue weighted by molar-refractivity contribution is -0.116. The topological polar surface area (TPSA) is 93.0 Å². The fraction of sp³-hybridized carbons (Fsp3) is 0.500. The van der Waals surface area contributed by atoms with Crippen molar-refractivity contribution in [2.75, 3.05) is 0 Å². The number of carbonyl (C=O) groups excluding carboxylic acids is 1. The summed E-state index contributed by atoms with van der Waals surface area (Å²) in [6.07, 6.45) is 0. The molecule has 0 heterocycles. The Morgan fingerprint density at radius 2 is 2.22 bits per heavy atom. The van der Waals surface area contributed by atoms with Crippen molar-refractivity contribution in [1.29, 1.82) is 5.41 Å². The molecule has 0 rings (SSSR count). The Bertz CT molecular complexity index is 122. The maximum absolute atomic E-state index is 10.4. The van der Waals surface area contributed by atoms with E-state index in [0.717, 1.165) is 11.9 Å². The third-order valence-electron chi connectivity index (χ3n) is 0.788. The van der Waals surface area contributed by atoms with E-state index in [9.17, 15) is 4.79 Å². The van der Waals surface area contributed by atoms with Gasteiger partial charge in [-0.2, -0.15) is 0 Å². The molecule has 4 nitrogen and oxygen atoms in total. The van der Waals surface area contributed by atoms with Crippen molar-refractivity contribution in [3.63, 3.8) is 0 Å². The quantitative estimate of drug-likeness (QED) is 0.370. The first-order valence-electron chi connectivity index (χ1n) is 2.29. The molecule has 0 aliphatic heterocycles. The van der Waals surface area contributed by atoms with Crippen molar-refractivity contribution >= 4 is 23.6 Å². The fourth-order valence-corrected chi connectivity index (χ4v) is 0.721. The van der Waals surface area contributed by atoms with Crippen molar-refractivity contribution in [2.45, 2.75) is 12.2 Å². The zero-order valence-electron chi connectivity index (χ0n) is 5.05. The number of rotatable bonds is 3. The summed E-state index contributed by atoms with van der Waals surface area (Å²) in [5.74, 6) is -0.560. The molecule has 52 valence electrons. The number of primary amides is 1. The van der Waals surface area contributed by atoms with Crippen LogP contribution < -0.4 is 10.9 Å². The zero-order chi connectivity index (χ0) is 7.44. The Hall–Kier alpha value is -0.550. The summed E-state index contributed by atoms with van der Waals surface area (Å²) in [4.78, 5) is 10.4. The van der Waals surface area contributed by atoms with Gasteiger partial charge in [0.05, 0.1) is 0 Å². The third-order valence-corrected chi connectivity index (χ3v) is 1.65. The minimum Gasteiger partial charge on any atom is -0.368 e. The molecule has 5 heteroatoms. The summed E-state index contributed by atoms with van der Waals surface area (Å²) >= 11 is 0.787. The van der Waals surface area contributed by atoms with E-state index in [2.05, 4.69) is 0 Å². The Morgan fingerprint density at radius 1 is 1.78 bits per heavy atom. The molecule has 0 fully saturated rings. The first-order chi connectivity index (χ1) is 4.09. The molecule has 1 amide bonds. The molecule has 1 atom stereocenters. The second-order valence-corrected chi connectivity index (χ2v) is 2.35. The van der Waals surface area contributed by atoms with Crippen molar-refractivity contribution in [3.8, 4) is 0 Å². The smallest absolute Gasteiger partial charge is 0.237 e. The lowest BCUT2D eigenvalue weighted by Gasteiger charge is -2.05. The van der Waals surface area contributed by atoms with Crippen LogP contribution in [0.25, 0.3) is 0 Å². The molecule has 0 saturated heterocycles. The highest BCUT2D eigenvalue weighted by Gasteiger charge is 2.15. The highest BCUT2D eigenvalue weighted by atomic mass is 32.2. The summed E-state index contributed by atoms with van der Waals surface area (Å²) in [5, 5.41) is 11.4. The molecule has 0 aliphatic carbocycles.